The molecule has 4 heteroatoms. The Bertz CT molecular complexity index is 3.25. The van der Waals surface area contributed by atoms with E-state index >= 15 is 0 Å². The van der Waals surface area contributed by atoms with Gasteiger partial charge in [0.05, 0.1) is 0 Å². The van der Waals surface area contributed by atoms with E-state index in [1.807, 2.05) is 0 Å². The Balaban J connectivity index is 0. The SMILES string of the molecule is [Al].[Al].[Al].[Pd]. The molecule has 0 N–H and O–H groups in total. The molecule has 4 heavy (non-hydrogen) atoms. The van der Waals surface area contributed by atoms with Gasteiger partial charge in [-0.1, -0.05) is 0 Å². The molecule has 0 bridgehead atoms. The van der Waals surface area contributed by atoms with Gasteiger partial charge < -0.3 is 0 Å². The van der Waals surface area contributed by atoms with Gasteiger partial charge in [-0.2, -0.15) is 0 Å². The van der Waals surface area contributed by atoms with Crippen LogP contribution >= 0.6 is 0 Å². The van der Waals surface area contributed by atoms with Crippen molar-refractivity contribution in [3.05, 3.63) is 0 Å². The molecule has 0 saturated carbocycles. The van der Waals surface area contributed by atoms with Crippen molar-refractivity contribution in [2.75, 3.05) is 0 Å². The maximum atomic E-state index is 0. The van der Waals surface area contributed by atoms with E-state index in [-0.39, 0.29) is 72.5 Å². The van der Waals surface area contributed by atoms with Crippen LogP contribution in [0.4, 0.5) is 0 Å². The molecule has 0 saturated heterocycles. The summed E-state index contributed by atoms with van der Waals surface area (Å²) in [5, 5.41) is 0. The maximum Gasteiger partial charge on any atom is 0 e. The monoisotopic (exact) mass is 187 g/mol. The fourth-order valence-corrected chi connectivity index (χ4v) is 0. The molecule has 0 aromatic rings. The first-order valence-corrected chi connectivity index (χ1v) is 0. The third-order valence-electron chi connectivity index (χ3n) is 0. The summed E-state index contributed by atoms with van der Waals surface area (Å²) in [6, 6.07) is 0. The van der Waals surface area contributed by atoms with Crippen LogP contribution in [-0.2, 0) is 20.4 Å². The molecule has 0 nitrogen and oxygen atoms in total. The minimum absolute atomic E-state index is 0. The molecule has 0 heterocycles. The molecule has 0 rings (SSSR count). The molecule has 0 unspecified atom stereocenters. The maximum absolute atomic E-state index is 0. The van der Waals surface area contributed by atoms with Crippen molar-refractivity contribution in [3.63, 3.8) is 0 Å². The van der Waals surface area contributed by atoms with Gasteiger partial charge in [-0.05, 0) is 0 Å². The summed E-state index contributed by atoms with van der Waals surface area (Å²) >= 11 is 0. The normalized spacial score (nSPS) is 0. The fraction of sp³-hybridized carbons (Fsp3) is 0. The van der Waals surface area contributed by atoms with Crippen LogP contribution in [0, 0.1) is 0 Å². The molecule has 0 amide bonds. The molecule has 19 valence electrons. The Kier molecular flexibility index (Phi) is 158. The first-order valence-electron chi connectivity index (χ1n) is 0. The van der Waals surface area contributed by atoms with Crippen molar-refractivity contribution < 1.29 is 20.4 Å². The van der Waals surface area contributed by atoms with Crippen LogP contribution in [0.1, 0.15) is 0 Å². The first kappa shape index (κ1) is 33.9. The van der Waals surface area contributed by atoms with Crippen molar-refractivity contribution in [2.45, 2.75) is 0 Å². The second-order valence-corrected chi connectivity index (χ2v) is 0. The molecule has 0 aliphatic carbocycles. The van der Waals surface area contributed by atoms with Crippen LogP contribution in [0.3, 0.4) is 0 Å². The van der Waals surface area contributed by atoms with Crippen LogP contribution in [0.25, 0.3) is 0 Å². The molecule has 0 spiro atoms. The number of hydrogen-bond acceptors (Lipinski definition) is 0. The van der Waals surface area contributed by atoms with Crippen LogP contribution < -0.4 is 0 Å². The zero-order valence-corrected chi connectivity index (χ0v) is 7.07. The zero-order chi connectivity index (χ0) is 0. The van der Waals surface area contributed by atoms with Gasteiger partial charge in [-0.25, -0.2) is 0 Å². The molecule has 0 aliphatic heterocycles. The summed E-state index contributed by atoms with van der Waals surface area (Å²) in [4.78, 5) is 0. The fourth-order valence-electron chi connectivity index (χ4n) is 0. The predicted molar refractivity (Wildman–Crippen MR) is 17.3 cm³/mol. The number of rotatable bonds is 0. The Morgan fingerprint density at radius 1 is 0.500 bits per heavy atom. The van der Waals surface area contributed by atoms with Crippen LogP contribution in [0.15, 0.2) is 0 Å². The van der Waals surface area contributed by atoms with Gasteiger partial charge in [0.15, 0.2) is 0 Å². The van der Waals surface area contributed by atoms with E-state index < -0.39 is 0 Å². The van der Waals surface area contributed by atoms with E-state index in [2.05, 4.69) is 0 Å². The van der Waals surface area contributed by atoms with E-state index in [0.29, 0.717) is 0 Å². The van der Waals surface area contributed by atoms with Crippen molar-refractivity contribution in [1.82, 2.24) is 0 Å². The molecule has 0 fully saturated rings. The first-order chi connectivity index (χ1) is 0. The topological polar surface area (TPSA) is 0 Å². The molecular formula is Al3Pd. The van der Waals surface area contributed by atoms with E-state index in [9.17, 15) is 0 Å². The van der Waals surface area contributed by atoms with Crippen molar-refractivity contribution in [2.24, 2.45) is 0 Å². The van der Waals surface area contributed by atoms with Gasteiger partial charge in [-0.15, -0.1) is 0 Å². The summed E-state index contributed by atoms with van der Waals surface area (Å²) in [5.41, 5.74) is 0. The Labute approximate surface area is 71.8 Å². The van der Waals surface area contributed by atoms with E-state index in [1.54, 1.807) is 0 Å². The standard InChI is InChI=1S/3Al.Pd. The molecule has 9 radical (unpaired) electrons. The molecule has 0 aliphatic rings. The quantitative estimate of drug-likeness (QED) is 0.420. The van der Waals surface area contributed by atoms with E-state index in [4.69, 9.17) is 0 Å². The van der Waals surface area contributed by atoms with Crippen LogP contribution in [-0.4, -0.2) is 52.1 Å². The predicted octanol–water partition coefficient (Wildman–Crippen LogP) is -1.14. The molecule has 0 aromatic carbocycles. The van der Waals surface area contributed by atoms with Crippen LogP contribution in [0.5, 0.6) is 0 Å². The minimum Gasteiger partial charge on any atom is 0 e. The second-order valence-electron chi connectivity index (χ2n) is 0. The summed E-state index contributed by atoms with van der Waals surface area (Å²) in [6.45, 7) is 0. The summed E-state index contributed by atoms with van der Waals surface area (Å²) in [5.74, 6) is 0. The Morgan fingerprint density at radius 2 is 0.500 bits per heavy atom. The minimum atomic E-state index is 0. The average molecular weight is 187 g/mol. The largest absolute Gasteiger partial charge is 0 e. The Hall–Kier alpha value is 2.26. The van der Waals surface area contributed by atoms with Gasteiger partial charge in [-0.3, -0.25) is 0 Å². The molecular weight excluding hydrogens is 187 g/mol. The van der Waals surface area contributed by atoms with Crippen LogP contribution in [0.2, 0.25) is 0 Å². The van der Waals surface area contributed by atoms with Gasteiger partial charge >= 0.3 is 0 Å². The summed E-state index contributed by atoms with van der Waals surface area (Å²) < 4.78 is 0. The van der Waals surface area contributed by atoms with Gasteiger partial charge in [0.1, 0.15) is 0 Å². The smallest absolute Gasteiger partial charge is 0 e. The van der Waals surface area contributed by atoms with E-state index in [0.717, 1.165) is 0 Å². The summed E-state index contributed by atoms with van der Waals surface area (Å²) in [6.07, 6.45) is 0. The molecule has 0 atom stereocenters. The van der Waals surface area contributed by atoms with Gasteiger partial charge in [0, 0.05) is 72.5 Å². The second kappa shape index (κ2) is 18.7. The van der Waals surface area contributed by atoms with E-state index in [1.165, 1.54) is 0 Å². The zero-order valence-electron chi connectivity index (χ0n) is 2.05. The number of hydrogen-bond donors (Lipinski definition) is 0. The van der Waals surface area contributed by atoms with Gasteiger partial charge in [0.25, 0.3) is 0 Å². The average Bonchev–Trinajstić information content (AvgIpc) is 0. The molecule has 0 aromatic heterocycles. The van der Waals surface area contributed by atoms with Gasteiger partial charge in [0.2, 0.25) is 0 Å². The third-order valence-corrected chi connectivity index (χ3v) is 0. The summed E-state index contributed by atoms with van der Waals surface area (Å²) in [7, 11) is 0. The van der Waals surface area contributed by atoms with Crippen molar-refractivity contribution in [1.29, 1.82) is 0 Å². The van der Waals surface area contributed by atoms with Crippen molar-refractivity contribution >= 4 is 52.1 Å². The Morgan fingerprint density at radius 3 is 0.500 bits per heavy atom. The van der Waals surface area contributed by atoms with Crippen molar-refractivity contribution in [3.8, 4) is 0 Å². The third kappa shape index (κ3) is 8.86.